The molecule has 2 rings (SSSR count). The quantitative estimate of drug-likeness (QED) is 0.612. The van der Waals surface area contributed by atoms with Gasteiger partial charge in [0, 0.05) is 17.9 Å². The van der Waals surface area contributed by atoms with Gasteiger partial charge in [0.1, 0.15) is 7.05 Å². The van der Waals surface area contributed by atoms with Crippen LogP contribution in [0.2, 0.25) is 0 Å². The highest BCUT2D eigenvalue weighted by atomic mass is 32.2. The Morgan fingerprint density at radius 3 is 2.58 bits per heavy atom. The van der Waals surface area contributed by atoms with Crippen molar-refractivity contribution < 1.29 is 17.7 Å². The van der Waals surface area contributed by atoms with Crippen molar-refractivity contribution in [2.45, 2.75) is 17.0 Å². The maximum atomic E-state index is 12.6. The van der Waals surface area contributed by atoms with Crippen LogP contribution in [0.25, 0.3) is 0 Å². The fourth-order valence-corrected chi connectivity index (χ4v) is 2.59. The van der Waals surface area contributed by atoms with Gasteiger partial charge in [0.2, 0.25) is 5.03 Å². The second-order valence-electron chi connectivity index (χ2n) is 4.14. The first-order chi connectivity index (χ1) is 8.97. The van der Waals surface area contributed by atoms with E-state index in [9.17, 15) is 13.2 Å². The lowest BCUT2D eigenvalue weighted by molar-refractivity contribution is -0.708. The van der Waals surface area contributed by atoms with Gasteiger partial charge in [0.05, 0.1) is 5.56 Å². The first-order valence-corrected chi connectivity index (χ1v) is 6.69. The van der Waals surface area contributed by atoms with Gasteiger partial charge in [-0.1, -0.05) is 30.0 Å². The average molecular weight is 284 g/mol. The van der Waals surface area contributed by atoms with Gasteiger partial charge in [-0.15, -0.1) is 0 Å². The third kappa shape index (κ3) is 3.73. The molecule has 0 N–H and O–H groups in total. The number of aromatic nitrogens is 1. The summed E-state index contributed by atoms with van der Waals surface area (Å²) >= 11 is 1.52. The number of pyridine rings is 1. The van der Waals surface area contributed by atoms with Gasteiger partial charge >= 0.3 is 6.18 Å². The Balaban J connectivity index is 2.10. The number of aryl methyl sites for hydroxylation is 1. The average Bonchev–Trinajstić information content (AvgIpc) is 2.37. The minimum absolute atomic E-state index is 0.516. The van der Waals surface area contributed by atoms with Gasteiger partial charge in [0.25, 0.3) is 0 Å². The molecule has 0 saturated heterocycles. The standard InChI is InChI=1S/C14H13F3NS/c1-18-8-3-2-7-13(18)19-10-11-5-4-6-12(9-11)14(15,16)17/h2-9H,10H2,1H3/q+1. The molecule has 0 unspecified atom stereocenters. The van der Waals surface area contributed by atoms with E-state index in [0.717, 1.165) is 11.1 Å². The molecule has 1 aromatic carbocycles. The summed E-state index contributed by atoms with van der Waals surface area (Å²) < 4.78 is 39.7. The Kier molecular flexibility index (Phi) is 4.14. The fourth-order valence-electron chi connectivity index (χ4n) is 1.65. The van der Waals surface area contributed by atoms with Crippen molar-refractivity contribution in [2.24, 2.45) is 7.05 Å². The molecule has 1 aromatic heterocycles. The highest BCUT2D eigenvalue weighted by Gasteiger charge is 2.30. The van der Waals surface area contributed by atoms with E-state index in [1.54, 1.807) is 6.07 Å². The molecule has 0 bridgehead atoms. The number of alkyl halides is 3. The SMILES string of the molecule is C[n+]1ccccc1SCc1cccc(C(F)(F)F)c1. The monoisotopic (exact) mass is 284 g/mol. The highest BCUT2D eigenvalue weighted by Crippen LogP contribution is 2.30. The molecule has 0 aliphatic rings. The molecular weight excluding hydrogens is 271 g/mol. The van der Waals surface area contributed by atoms with Crippen LogP contribution < -0.4 is 4.57 Å². The Morgan fingerprint density at radius 1 is 1.11 bits per heavy atom. The summed E-state index contributed by atoms with van der Waals surface area (Å²) in [6.07, 6.45) is -2.37. The van der Waals surface area contributed by atoms with E-state index in [2.05, 4.69) is 0 Å². The summed E-state index contributed by atoms with van der Waals surface area (Å²) in [5.74, 6) is 0.516. The predicted octanol–water partition coefficient (Wildman–Crippen LogP) is 3.82. The normalized spacial score (nSPS) is 11.6. The van der Waals surface area contributed by atoms with E-state index >= 15 is 0 Å². The number of rotatable bonds is 3. The third-order valence-electron chi connectivity index (χ3n) is 2.65. The molecule has 100 valence electrons. The van der Waals surface area contributed by atoms with Crippen molar-refractivity contribution in [1.29, 1.82) is 0 Å². The Morgan fingerprint density at radius 2 is 1.89 bits per heavy atom. The minimum atomic E-state index is -4.28. The molecule has 1 nitrogen and oxygen atoms in total. The van der Waals surface area contributed by atoms with E-state index in [1.165, 1.54) is 23.9 Å². The van der Waals surface area contributed by atoms with Crippen molar-refractivity contribution in [1.82, 2.24) is 0 Å². The zero-order valence-corrected chi connectivity index (χ0v) is 11.1. The van der Waals surface area contributed by atoms with Crippen molar-refractivity contribution in [2.75, 3.05) is 0 Å². The molecule has 0 aliphatic carbocycles. The van der Waals surface area contributed by atoms with E-state index in [1.807, 2.05) is 36.0 Å². The summed E-state index contributed by atoms with van der Waals surface area (Å²) in [4.78, 5) is 0. The van der Waals surface area contributed by atoms with Crippen LogP contribution in [0.15, 0.2) is 53.7 Å². The Labute approximate surface area is 114 Å². The van der Waals surface area contributed by atoms with Crippen molar-refractivity contribution in [3.8, 4) is 0 Å². The van der Waals surface area contributed by atoms with Crippen LogP contribution in [-0.4, -0.2) is 0 Å². The summed E-state index contributed by atoms with van der Waals surface area (Å²) in [5, 5.41) is 1.01. The zero-order valence-electron chi connectivity index (χ0n) is 10.3. The number of benzene rings is 1. The van der Waals surface area contributed by atoms with E-state index in [-0.39, 0.29) is 0 Å². The van der Waals surface area contributed by atoms with Crippen LogP contribution in [0.5, 0.6) is 0 Å². The number of thioether (sulfide) groups is 1. The smallest absolute Gasteiger partial charge is 0.196 e. The molecule has 0 atom stereocenters. The van der Waals surface area contributed by atoms with E-state index < -0.39 is 11.7 Å². The number of hydrogen-bond donors (Lipinski definition) is 0. The Bertz CT molecular complexity index is 567. The van der Waals surface area contributed by atoms with Crippen LogP contribution in [0.1, 0.15) is 11.1 Å². The van der Waals surface area contributed by atoms with E-state index in [4.69, 9.17) is 0 Å². The molecule has 5 heteroatoms. The lowest BCUT2D eigenvalue weighted by atomic mass is 10.1. The van der Waals surface area contributed by atoms with Crippen LogP contribution in [0, 0.1) is 0 Å². The van der Waals surface area contributed by atoms with Gasteiger partial charge in [-0.3, -0.25) is 0 Å². The molecule has 2 aromatic rings. The molecule has 0 radical (unpaired) electrons. The molecular formula is C14H13F3NS+. The van der Waals surface area contributed by atoms with Crippen molar-refractivity contribution in [3.63, 3.8) is 0 Å². The minimum Gasteiger partial charge on any atom is -0.196 e. The largest absolute Gasteiger partial charge is 0.416 e. The third-order valence-corrected chi connectivity index (χ3v) is 3.85. The fraction of sp³-hybridized carbons (Fsp3) is 0.214. The van der Waals surface area contributed by atoms with Gasteiger partial charge < -0.3 is 0 Å². The molecule has 0 fully saturated rings. The van der Waals surface area contributed by atoms with Crippen LogP contribution in [0.4, 0.5) is 13.2 Å². The van der Waals surface area contributed by atoms with Gasteiger partial charge in [0.15, 0.2) is 6.20 Å². The second kappa shape index (κ2) is 5.65. The topological polar surface area (TPSA) is 3.88 Å². The summed E-state index contributed by atoms with van der Waals surface area (Å²) in [5.41, 5.74) is 0.0757. The number of nitrogens with zero attached hydrogens (tertiary/aromatic N) is 1. The first kappa shape index (κ1) is 13.9. The summed E-state index contributed by atoms with van der Waals surface area (Å²) in [7, 11) is 1.91. The summed E-state index contributed by atoms with van der Waals surface area (Å²) in [6.45, 7) is 0. The van der Waals surface area contributed by atoms with Gasteiger partial charge in [-0.05, 0) is 17.7 Å². The molecule has 0 aliphatic heterocycles. The highest BCUT2D eigenvalue weighted by molar-refractivity contribution is 7.98. The molecule has 0 spiro atoms. The van der Waals surface area contributed by atoms with Crippen molar-refractivity contribution >= 4 is 11.8 Å². The van der Waals surface area contributed by atoms with Crippen LogP contribution in [-0.2, 0) is 19.0 Å². The lowest BCUT2D eigenvalue weighted by Crippen LogP contribution is -2.29. The van der Waals surface area contributed by atoms with Crippen molar-refractivity contribution in [3.05, 3.63) is 59.8 Å². The maximum Gasteiger partial charge on any atom is 0.416 e. The second-order valence-corrected chi connectivity index (χ2v) is 5.13. The van der Waals surface area contributed by atoms with E-state index in [0.29, 0.717) is 11.3 Å². The van der Waals surface area contributed by atoms with Crippen LogP contribution in [0.3, 0.4) is 0 Å². The predicted molar refractivity (Wildman–Crippen MR) is 68.6 cm³/mol. The summed E-state index contributed by atoms with van der Waals surface area (Å²) in [6, 6.07) is 11.2. The molecule has 19 heavy (non-hydrogen) atoms. The number of halogens is 3. The molecule has 0 saturated carbocycles. The molecule has 1 heterocycles. The maximum absolute atomic E-state index is 12.6. The van der Waals surface area contributed by atoms with Gasteiger partial charge in [-0.25, -0.2) is 0 Å². The van der Waals surface area contributed by atoms with Gasteiger partial charge in [-0.2, -0.15) is 17.7 Å². The first-order valence-electron chi connectivity index (χ1n) is 5.70. The number of hydrogen-bond acceptors (Lipinski definition) is 1. The Hall–Kier alpha value is -1.49. The molecule has 0 amide bonds. The lowest BCUT2D eigenvalue weighted by Gasteiger charge is -2.08. The van der Waals surface area contributed by atoms with Crippen LogP contribution >= 0.6 is 11.8 Å². The zero-order chi connectivity index (χ0) is 13.9.